The van der Waals surface area contributed by atoms with Gasteiger partial charge in [-0.15, -0.1) is 0 Å². The highest BCUT2D eigenvalue weighted by Crippen LogP contribution is 2.53. The third-order valence-electron chi connectivity index (χ3n) is 14.9. The Morgan fingerprint density at radius 2 is 1.64 bits per heavy atom. The Morgan fingerprint density at radius 1 is 0.913 bits per heavy atom. The number of hydrogen-bond donors (Lipinski definition) is 2. The van der Waals surface area contributed by atoms with Gasteiger partial charge >= 0.3 is 6.03 Å². The summed E-state index contributed by atoms with van der Waals surface area (Å²) in [5.74, 6) is 6.94. The Labute approximate surface area is 417 Å². The normalized spacial score (nSPS) is 24.6. The molecule has 0 radical (unpaired) electrons. The Balaban J connectivity index is 0.878. The molecular weight excluding hydrogens is 934 g/mol. The van der Waals surface area contributed by atoms with Gasteiger partial charge in [-0.1, -0.05) is 80.1 Å². The maximum absolute atomic E-state index is 15.3. The molecule has 3 saturated heterocycles. The number of amides is 5. The number of urea groups is 1. The largest absolute Gasteiger partial charge is 0.353 e. The summed E-state index contributed by atoms with van der Waals surface area (Å²) in [4.78, 5) is 63.9. The van der Waals surface area contributed by atoms with Gasteiger partial charge in [0.15, 0.2) is 9.84 Å². The highest BCUT2D eigenvalue weighted by Gasteiger charge is 2.53. The summed E-state index contributed by atoms with van der Waals surface area (Å²) in [6.45, 7) is 12.4. The summed E-state index contributed by atoms with van der Waals surface area (Å²) in [6, 6.07) is 17.3. The maximum atomic E-state index is 15.3. The summed E-state index contributed by atoms with van der Waals surface area (Å²) in [5, 5.41) is 6.18. The smallest absolute Gasteiger partial charge is 0.329 e. The van der Waals surface area contributed by atoms with Gasteiger partial charge in [0.25, 0.3) is 0 Å². The van der Waals surface area contributed by atoms with Crippen molar-refractivity contribution in [1.29, 1.82) is 0 Å². The number of imidazole rings is 1. The molecule has 4 fully saturated rings. The molecule has 8 rings (SSSR count). The highest BCUT2D eigenvalue weighted by atomic mass is 35.5. The van der Waals surface area contributed by atoms with E-state index in [0.29, 0.717) is 46.3 Å². The zero-order valence-corrected chi connectivity index (χ0v) is 42.6. The van der Waals surface area contributed by atoms with Gasteiger partial charge in [0, 0.05) is 71.7 Å². The number of hydrogen-bond acceptors (Lipinski definition) is 8. The van der Waals surface area contributed by atoms with Gasteiger partial charge in [0.1, 0.15) is 11.5 Å². The number of fused-ring (bicyclic) bond motifs is 1. The first-order valence-corrected chi connectivity index (χ1v) is 27.0. The van der Waals surface area contributed by atoms with E-state index in [0.717, 1.165) is 74.8 Å². The molecule has 1 saturated carbocycles. The zero-order chi connectivity index (χ0) is 49.2. The van der Waals surface area contributed by atoms with E-state index >= 15 is 4.79 Å². The topological polar surface area (TPSA) is 154 Å². The standard InChI is InChI=1S/C53H65Cl2N7O6S/c1-34(2)45(33-69(67,68)35(3)4)62-50(39-13-15-41(54)16-14-39)44(40-7-6-8-42(55)28-40)29-53(5,51(62)65)30-48(64)57-43-17-11-38(12-18-43)32-59-23-19-36(20-24-59)9-10-37-21-25-60-46(27-37)56-31-49(60)61-26-22-47(63)58-52(61)66/h6-8,13-16,21,25,27-28,31,34-36,38,43-45,50H,11-12,17-20,22-24,26,29-30,32-33H2,1-5H3,(H,57,64)(H,58,63,66)/t38?,43?,44-,45-,50-,53-/m1/s1. The first-order valence-electron chi connectivity index (χ1n) is 24.5. The maximum Gasteiger partial charge on any atom is 0.329 e. The molecule has 69 heavy (non-hydrogen) atoms. The number of rotatable bonds is 13. The number of likely N-dealkylation sites (tertiary alicyclic amines) is 2. The number of imide groups is 1. The highest BCUT2D eigenvalue weighted by molar-refractivity contribution is 7.92. The van der Waals surface area contributed by atoms with Crippen LogP contribution in [-0.2, 0) is 24.2 Å². The van der Waals surface area contributed by atoms with Crippen LogP contribution in [0.1, 0.15) is 121 Å². The fourth-order valence-corrected chi connectivity index (χ4v) is 12.6. The minimum atomic E-state index is -3.58. The predicted molar refractivity (Wildman–Crippen MR) is 271 cm³/mol. The first-order chi connectivity index (χ1) is 32.9. The van der Waals surface area contributed by atoms with Crippen LogP contribution >= 0.6 is 23.2 Å². The number of carbonyl (C=O) groups excluding carboxylic acids is 4. The van der Waals surface area contributed by atoms with Gasteiger partial charge in [-0.2, -0.15) is 0 Å². The zero-order valence-electron chi connectivity index (χ0n) is 40.3. The van der Waals surface area contributed by atoms with Crippen LogP contribution in [0.5, 0.6) is 0 Å². The summed E-state index contributed by atoms with van der Waals surface area (Å²) < 4.78 is 29.2. The molecule has 0 spiro atoms. The summed E-state index contributed by atoms with van der Waals surface area (Å²) in [5.41, 5.74) is 2.19. The molecule has 4 aromatic rings. The van der Waals surface area contributed by atoms with Gasteiger partial charge in [-0.25, -0.2) is 18.2 Å². The average Bonchev–Trinajstić information content (AvgIpc) is 3.72. The van der Waals surface area contributed by atoms with Crippen LogP contribution in [0.3, 0.4) is 0 Å². The number of benzene rings is 2. The van der Waals surface area contributed by atoms with Crippen molar-refractivity contribution in [1.82, 2.24) is 29.8 Å². The minimum absolute atomic E-state index is 0.0148. The third-order valence-corrected chi connectivity index (χ3v) is 17.7. The Hall–Kier alpha value is -4.94. The molecule has 13 nitrogen and oxygen atoms in total. The van der Waals surface area contributed by atoms with E-state index in [2.05, 4.69) is 32.4 Å². The van der Waals surface area contributed by atoms with E-state index in [1.165, 1.54) is 4.90 Å². The van der Waals surface area contributed by atoms with Crippen molar-refractivity contribution in [3.63, 3.8) is 0 Å². The van der Waals surface area contributed by atoms with Gasteiger partial charge in [-0.3, -0.25) is 29.0 Å². The van der Waals surface area contributed by atoms with E-state index in [1.807, 2.05) is 79.9 Å². The Bertz CT molecular complexity index is 2720. The van der Waals surface area contributed by atoms with Crippen molar-refractivity contribution in [3.05, 3.63) is 99.8 Å². The lowest BCUT2D eigenvalue weighted by Crippen LogP contribution is -2.59. The van der Waals surface area contributed by atoms with Crippen LogP contribution in [0, 0.1) is 35.0 Å². The lowest BCUT2D eigenvalue weighted by molar-refractivity contribution is -0.158. The van der Waals surface area contributed by atoms with E-state index in [-0.39, 0.29) is 54.2 Å². The number of sulfone groups is 1. The van der Waals surface area contributed by atoms with Crippen molar-refractivity contribution in [3.8, 4) is 11.8 Å². The first kappa shape index (κ1) is 50.4. The van der Waals surface area contributed by atoms with E-state index in [4.69, 9.17) is 23.2 Å². The van der Waals surface area contributed by atoms with Crippen LogP contribution in [0.4, 0.5) is 10.6 Å². The molecule has 2 aromatic heterocycles. The van der Waals surface area contributed by atoms with Crippen molar-refractivity contribution < 1.29 is 27.6 Å². The molecular formula is C53H65Cl2N7O6S. The summed E-state index contributed by atoms with van der Waals surface area (Å²) in [6.07, 6.45) is 9.85. The van der Waals surface area contributed by atoms with E-state index < -0.39 is 38.6 Å². The molecule has 1 aliphatic carbocycles. The van der Waals surface area contributed by atoms with E-state index in [9.17, 15) is 22.8 Å². The lowest BCUT2D eigenvalue weighted by atomic mass is 9.66. The van der Waals surface area contributed by atoms with Crippen LogP contribution in [0.15, 0.2) is 73.1 Å². The number of pyridine rings is 1. The molecule has 0 bridgehead atoms. The van der Waals surface area contributed by atoms with Gasteiger partial charge in [-0.05, 0) is 131 Å². The van der Waals surface area contributed by atoms with Crippen molar-refractivity contribution in [2.75, 3.05) is 36.8 Å². The van der Waals surface area contributed by atoms with Crippen LogP contribution in [0.2, 0.25) is 10.0 Å². The molecule has 16 heteroatoms. The lowest BCUT2D eigenvalue weighted by Gasteiger charge is -2.53. The minimum Gasteiger partial charge on any atom is -0.353 e. The second-order valence-corrected chi connectivity index (χ2v) is 24.1. The van der Waals surface area contributed by atoms with Crippen LogP contribution in [0.25, 0.3) is 5.65 Å². The fourth-order valence-electron chi connectivity index (χ4n) is 10.9. The molecule has 5 heterocycles. The summed E-state index contributed by atoms with van der Waals surface area (Å²) in [7, 11) is -3.58. The van der Waals surface area contributed by atoms with Gasteiger partial charge < -0.3 is 15.1 Å². The van der Waals surface area contributed by atoms with Gasteiger partial charge in [0.2, 0.25) is 17.7 Å². The number of piperidine rings is 2. The molecule has 2 N–H and O–H groups in total. The quantitative estimate of drug-likeness (QED) is 0.126. The van der Waals surface area contributed by atoms with Crippen molar-refractivity contribution in [2.24, 2.45) is 23.2 Å². The SMILES string of the molecule is CC(C)[C@@H](CS(=O)(=O)C(C)C)N1C(=O)[C@@](C)(CC(=O)NC2CCC(CN3CCC(C#Cc4ccn5c(N6CCC(=O)NC6=O)cnc5c4)CC3)CC2)C[C@H](c2cccc(Cl)c2)[C@H]1c1ccc(Cl)cc1. The predicted octanol–water partition coefficient (Wildman–Crippen LogP) is 8.83. The second kappa shape index (κ2) is 21.2. The fraction of sp³-hybridized carbons (Fsp3) is 0.528. The number of nitrogens with one attached hydrogen (secondary N) is 2. The van der Waals surface area contributed by atoms with E-state index in [1.54, 1.807) is 37.1 Å². The number of carbonyl (C=O) groups is 4. The number of anilines is 1. The van der Waals surface area contributed by atoms with Crippen LogP contribution in [-0.4, -0.2) is 101 Å². The number of aromatic nitrogens is 2. The Kier molecular flexibility index (Phi) is 15.5. The molecule has 4 atom stereocenters. The molecule has 3 aliphatic heterocycles. The molecule has 368 valence electrons. The monoisotopic (exact) mass is 997 g/mol. The number of halogens is 2. The van der Waals surface area contributed by atoms with Crippen molar-refractivity contribution in [2.45, 2.75) is 122 Å². The Morgan fingerprint density at radius 3 is 2.30 bits per heavy atom. The second-order valence-electron chi connectivity index (χ2n) is 20.6. The average molecular weight is 999 g/mol. The molecule has 2 aromatic carbocycles. The number of nitrogens with zero attached hydrogens (tertiary/aromatic N) is 5. The van der Waals surface area contributed by atoms with Crippen LogP contribution < -0.4 is 15.5 Å². The van der Waals surface area contributed by atoms with Crippen molar-refractivity contribution >= 4 is 68.3 Å². The summed E-state index contributed by atoms with van der Waals surface area (Å²) >= 11 is 13.0. The molecule has 5 amide bonds. The molecule has 4 aliphatic rings. The van der Waals surface area contributed by atoms with Gasteiger partial charge in [0.05, 0.1) is 28.7 Å². The third kappa shape index (κ3) is 11.6. The molecule has 0 unspecified atom stereocenters.